The van der Waals surface area contributed by atoms with Gasteiger partial charge in [-0.05, 0) is 47.5 Å². The van der Waals surface area contributed by atoms with Crippen LogP contribution in [0.15, 0.2) is 33.7 Å². The van der Waals surface area contributed by atoms with E-state index in [-0.39, 0.29) is 11.0 Å². The molecule has 2 rings (SSSR count). The quantitative estimate of drug-likeness (QED) is 0.737. The van der Waals surface area contributed by atoms with E-state index in [1.165, 1.54) is 12.3 Å². The molecule has 6 heteroatoms. The van der Waals surface area contributed by atoms with Crippen molar-refractivity contribution >= 4 is 33.2 Å². The number of nitrogens with two attached hydrogens (primary N) is 1. The molecule has 4 N–H and O–H groups in total. The Kier molecular flexibility index (Phi) is 3.94. The summed E-state index contributed by atoms with van der Waals surface area (Å²) in [6.07, 6.45) is 1.39. The van der Waals surface area contributed by atoms with Crippen molar-refractivity contribution in [3.63, 3.8) is 0 Å². The topological polar surface area (TPSA) is 88.0 Å². The highest BCUT2D eigenvalue weighted by Gasteiger charge is 2.14. The van der Waals surface area contributed by atoms with Crippen LogP contribution in [0.1, 0.15) is 21.6 Å². The zero-order chi connectivity index (χ0) is 14.9. The first kappa shape index (κ1) is 14.3. The number of pyridine rings is 1. The average molecular weight is 336 g/mol. The minimum Gasteiger partial charge on any atom is -0.397 e. The van der Waals surface area contributed by atoms with Crippen molar-refractivity contribution < 1.29 is 4.79 Å². The number of hydrogen-bond acceptors (Lipinski definition) is 3. The van der Waals surface area contributed by atoms with E-state index in [0.717, 1.165) is 5.56 Å². The van der Waals surface area contributed by atoms with Gasteiger partial charge in [-0.3, -0.25) is 9.59 Å². The number of rotatable bonds is 2. The molecule has 0 aliphatic carbocycles. The number of aryl methyl sites for hydroxylation is 2. The van der Waals surface area contributed by atoms with Crippen LogP contribution in [0.5, 0.6) is 0 Å². The van der Waals surface area contributed by atoms with Gasteiger partial charge in [0.15, 0.2) is 5.43 Å². The standard InChI is InChI=1S/C14H14BrN3O2/c1-7-3-10(15)13(11(16)4-7)18-14(20)9-6-17-8(2)5-12(9)19/h3-6H,16H2,1-2H3,(H,17,19)(H,18,20). The lowest BCUT2D eigenvalue weighted by Crippen LogP contribution is -2.22. The normalized spacial score (nSPS) is 10.3. The fourth-order valence-electron chi connectivity index (χ4n) is 1.83. The largest absolute Gasteiger partial charge is 0.397 e. The number of carbonyl (C=O) groups is 1. The van der Waals surface area contributed by atoms with Gasteiger partial charge in [-0.25, -0.2) is 0 Å². The van der Waals surface area contributed by atoms with Crippen LogP contribution in [0.25, 0.3) is 0 Å². The van der Waals surface area contributed by atoms with Crippen molar-refractivity contribution in [2.24, 2.45) is 0 Å². The van der Waals surface area contributed by atoms with Gasteiger partial charge in [0.1, 0.15) is 5.56 Å². The lowest BCUT2D eigenvalue weighted by atomic mass is 10.1. The Hall–Kier alpha value is -2.08. The van der Waals surface area contributed by atoms with Crippen LogP contribution < -0.4 is 16.5 Å². The van der Waals surface area contributed by atoms with Gasteiger partial charge in [-0.15, -0.1) is 0 Å². The van der Waals surface area contributed by atoms with Crippen molar-refractivity contribution in [3.05, 3.63) is 55.9 Å². The van der Waals surface area contributed by atoms with Gasteiger partial charge in [0.25, 0.3) is 5.91 Å². The summed E-state index contributed by atoms with van der Waals surface area (Å²) in [5.41, 5.74) is 8.16. The monoisotopic (exact) mass is 335 g/mol. The number of carbonyl (C=O) groups excluding carboxylic acids is 1. The van der Waals surface area contributed by atoms with Crippen molar-refractivity contribution in [3.8, 4) is 0 Å². The van der Waals surface area contributed by atoms with E-state index in [4.69, 9.17) is 5.73 Å². The fourth-order valence-corrected chi connectivity index (χ4v) is 2.52. The average Bonchev–Trinajstić information content (AvgIpc) is 2.33. The summed E-state index contributed by atoms with van der Waals surface area (Å²) < 4.78 is 0.673. The third kappa shape index (κ3) is 2.91. The highest BCUT2D eigenvalue weighted by Crippen LogP contribution is 2.30. The summed E-state index contributed by atoms with van der Waals surface area (Å²) in [7, 11) is 0. The predicted octanol–water partition coefficient (Wildman–Crippen LogP) is 2.59. The summed E-state index contributed by atoms with van der Waals surface area (Å²) in [4.78, 5) is 26.7. The summed E-state index contributed by atoms with van der Waals surface area (Å²) >= 11 is 3.35. The maximum Gasteiger partial charge on any atom is 0.261 e. The summed E-state index contributed by atoms with van der Waals surface area (Å²) in [5, 5.41) is 2.65. The fraction of sp³-hybridized carbons (Fsp3) is 0.143. The van der Waals surface area contributed by atoms with Crippen molar-refractivity contribution in [1.82, 2.24) is 4.98 Å². The molecule has 0 aliphatic rings. The molecule has 1 aromatic carbocycles. The molecule has 0 radical (unpaired) electrons. The molecular weight excluding hydrogens is 322 g/mol. The Morgan fingerprint density at radius 2 is 2.00 bits per heavy atom. The Labute approximate surface area is 124 Å². The van der Waals surface area contributed by atoms with E-state index < -0.39 is 5.91 Å². The number of aromatic amines is 1. The van der Waals surface area contributed by atoms with Crippen LogP contribution >= 0.6 is 15.9 Å². The second-order valence-electron chi connectivity index (χ2n) is 4.56. The van der Waals surface area contributed by atoms with Gasteiger partial charge in [-0.1, -0.05) is 0 Å². The summed E-state index contributed by atoms with van der Waals surface area (Å²) in [6.45, 7) is 3.65. The number of nitrogens with one attached hydrogen (secondary N) is 2. The van der Waals surface area contributed by atoms with Gasteiger partial charge in [0.2, 0.25) is 0 Å². The molecule has 5 nitrogen and oxygen atoms in total. The van der Waals surface area contributed by atoms with Crippen LogP contribution in [-0.2, 0) is 0 Å². The first-order chi connectivity index (χ1) is 9.38. The number of H-pyrrole nitrogens is 1. The molecule has 0 fully saturated rings. The second-order valence-corrected chi connectivity index (χ2v) is 5.41. The minimum atomic E-state index is -0.498. The third-order valence-corrected chi connectivity index (χ3v) is 3.43. The van der Waals surface area contributed by atoms with E-state index in [2.05, 4.69) is 26.2 Å². The minimum absolute atomic E-state index is 0.0440. The van der Waals surface area contributed by atoms with Gasteiger partial charge in [0, 0.05) is 22.4 Å². The number of benzene rings is 1. The second kappa shape index (κ2) is 5.50. The van der Waals surface area contributed by atoms with Crippen LogP contribution in [0.3, 0.4) is 0 Å². The number of nitrogen functional groups attached to an aromatic ring is 1. The zero-order valence-electron chi connectivity index (χ0n) is 11.1. The Balaban J connectivity index is 2.35. The predicted molar refractivity (Wildman–Crippen MR) is 83.0 cm³/mol. The lowest BCUT2D eigenvalue weighted by Gasteiger charge is -2.11. The molecule has 1 amide bonds. The van der Waals surface area contributed by atoms with Gasteiger partial charge >= 0.3 is 0 Å². The first-order valence-electron chi connectivity index (χ1n) is 5.95. The zero-order valence-corrected chi connectivity index (χ0v) is 12.7. The molecule has 2 aromatic rings. The SMILES string of the molecule is Cc1cc(N)c(NC(=O)c2c[nH]c(C)cc2=O)c(Br)c1. The summed E-state index contributed by atoms with van der Waals surface area (Å²) in [6, 6.07) is 4.97. The maximum atomic E-state index is 12.1. The maximum absolute atomic E-state index is 12.1. The van der Waals surface area contributed by atoms with E-state index in [0.29, 0.717) is 21.5 Å². The molecule has 0 spiro atoms. The molecule has 1 aromatic heterocycles. The van der Waals surface area contributed by atoms with Crippen molar-refractivity contribution in [1.29, 1.82) is 0 Å². The van der Waals surface area contributed by atoms with E-state index in [1.807, 2.05) is 13.0 Å². The molecule has 0 atom stereocenters. The van der Waals surface area contributed by atoms with Crippen LogP contribution in [0.2, 0.25) is 0 Å². The first-order valence-corrected chi connectivity index (χ1v) is 6.74. The molecule has 104 valence electrons. The third-order valence-electron chi connectivity index (χ3n) is 2.81. The Morgan fingerprint density at radius 3 is 2.60 bits per heavy atom. The number of hydrogen-bond donors (Lipinski definition) is 3. The van der Waals surface area contributed by atoms with E-state index >= 15 is 0 Å². The van der Waals surface area contributed by atoms with Crippen LogP contribution in [0.4, 0.5) is 11.4 Å². The highest BCUT2D eigenvalue weighted by atomic mass is 79.9. The van der Waals surface area contributed by atoms with E-state index in [9.17, 15) is 9.59 Å². The smallest absolute Gasteiger partial charge is 0.261 e. The number of halogens is 1. The molecule has 1 heterocycles. The Bertz CT molecular complexity index is 714. The molecule has 0 saturated heterocycles. The molecule has 20 heavy (non-hydrogen) atoms. The number of aromatic nitrogens is 1. The summed E-state index contributed by atoms with van der Waals surface area (Å²) in [5.74, 6) is -0.498. The van der Waals surface area contributed by atoms with Crippen molar-refractivity contribution in [2.45, 2.75) is 13.8 Å². The van der Waals surface area contributed by atoms with Crippen LogP contribution in [-0.4, -0.2) is 10.9 Å². The van der Waals surface area contributed by atoms with Gasteiger partial charge < -0.3 is 16.0 Å². The molecule has 0 bridgehead atoms. The van der Waals surface area contributed by atoms with Gasteiger partial charge in [-0.2, -0.15) is 0 Å². The lowest BCUT2D eigenvalue weighted by molar-refractivity contribution is 0.102. The van der Waals surface area contributed by atoms with Crippen LogP contribution in [0, 0.1) is 13.8 Å². The van der Waals surface area contributed by atoms with Crippen molar-refractivity contribution in [2.75, 3.05) is 11.1 Å². The number of anilines is 2. The Morgan fingerprint density at radius 1 is 1.30 bits per heavy atom. The molecular formula is C14H14BrN3O2. The van der Waals surface area contributed by atoms with E-state index in [1.54, 1.807) is 13.0 Å². The van der Waals surface area contributed by atoms with Gasteiger partial charge in [0.05, 0.1) is 11.4 Å². The molecule has 0 saturated carbocycles. The highest BCUT2D eigenvalue weighted by molar-refractivity contribution is 9.10. The number of amides is 1. The molecule has 0 unspecified atom stereocenters. The molecule has 0 aliphatic heterocycles.